The van der Waals surface area contributed by atoms with Gasteiger partial charge in [0.25, 0.3) is 5.92 Å². The van der Waals surface area contributed by atoms with Gasteiger partial charge in [-0.05, 0) is 24.6 Å². The molecule has 146 valence electrons. The zero-order valence-electron chi connectivity index (χ0n) is 15.1. The highest BCUT2D eigenvalue weighted by atomic mass is 32.2. The van der Waals surface area contributed by atoms with Gasteiger partial charge in [-0.1, -0.05) is 26.0 Å². The van der Waals surface area contributed by atoms with Crippen molar-refractivity contribution < 1.29 is 22.0 Å². The molecule has 26 heavy (non-hydrogen) atoms. The molecular weight excluding hydrogens is 364 g/mol. The smallest absolute Gasteiger partial charge is 0.262 e. The van der Waals surface area contributed by atoms with E-state index in [4.69, 9.17) is 0 Å². The van der Waals surface area contributed by atoms with Gasteiger partial charge < -0.3 is 5.32 Å². The third-order valence-electron chi connectivity index (χ3n) is 4.51. The van der Waals surface area contributed by atoms with Crippen molar-refractivity contribution >= 4 is 15.9 Å². The summed E-state index contributed by atoms with van der Waals surface area (Å²) in [5.74, 6) is -3.36. The molecule has 1 heterocycles. The fourth-order valence-electron chi connectivity index (χ4n) is 2.94. The Bertz CT molecular complexity index is 734. The number of nitrogens with zero attached hydrogens (tertiary/aromatic N) is 1. The predicted molar refractivity (Wildman–Crippen MR) is 94.5 cm³/mol. The van der Waals surface area contributed by atoms with Crippen molar-refractivity contribution in [2.24, 2.45) is 0 Å². The predicted octanol–water partition coefficient (Wildman–Crippen LogP) is 1.89. The molecule has 1 amide bonds. The lowest BCUT2D eigenvalue weighted by Crippen LogP contribution is -2.41. The van der Waals surface area contributed by atoms with Gasteiger partial charge in [-0.25, -0.2) is 17.2 Å². The standard InChI is InChI=1S/C17H25F2N3O3S/c1-4-22(5-2)26(24,25)14-8-6-13(7-9-14)12(3)21-16(23)15-10-17(18,19)11-20-15/h6-9,12,15,20H,4-5,10-11H2,1-3H3,(H,21,23). The molecule has 0 aromatic heterocycles. The number of carbonyl (C=O) groups excluding carboxylic acids is 1. The largest absolute Gasteiger partial charge is 0.348 e. The molecule has 0 bridgehead atoms. The zero-order chi connectivity index (χ0) is 19.5. The number of halogens is 2. The summed E-state index contributed by atoms with van der Waals surface area (Å²) in [7, 11) is -3.54. The highest BCUT2D eigenvalue weighted by Crippen LogP contribution is 2.26. The Labute approximate surface area is 153 Å². The second-order valence-corrected chi connectivity index (χ2v) is 8.32. The SMILES string of the molecule is CCN(CC)S(=O)(=O)c1ccc(C(C)NC(=O)C2CC(F)(F)CN2)cc1. The van der Waals surface area contributed by atoms with Gasteiger partial charge in [0.1, 0.15) is 0 Å². The van der Waals surface area contributed by atoms with Crippen LogP contribution in [-0.2, 0) is 14.8 Å². The summed E-state index contributed by atoms with van der Waals surface area (Å²) in [6, 6.07) is 4.88. The van der Waals surface area contributed by atoms with Crippen LogP contribution in [-0.4, -0.2) is 50.2 Å². The maximum atomic E-state index is 13.2. The number of rotatable bonds is 7. The summed E-state index contributed by atoms with van der Waals surface area (Å²) in [6.45, 7) is 5.52. The van der Waals surface area contributed by atoms with Gasteiger partial charge in [-0.2, -0.15) is 4.31 Å². The number of amides is 1. The number of hydrogen-bond acceptors (Lipinski definition) is 4. The fourth-order valence-corrected chi connectivity index (χ4v) is 4.40. The molecule has 2 unspecified atom stereocenters. The van der Waals surface area contributed by atoms with E-state index in [1.54, 1.807) is 32.9 Å². The van der Waals surface area contributed by atoms with Crippen molar-refractivity contribution in [1.82, 2.24) is 14.9 Å². The lowest BCUT2D eigenvalue weighted by Gasteiger charge is -2.20. The molecule has 1 fully saturated rings. The monoisotopic (exact) mass is 389 g/mol. The van der Waals surface area contributed by atoms with E-state index in [2.05, 4.69) is 10.6 Å². The lowest BCUT2D eigenvalue weighted by atomic mass is 10.1. The number of nitrogens with one attached hydrogen (secondary N) is 2. The first kappa shape index (κ1) is 20.7. The van der Waals surface area contributed by atoms with E-state index >= 15 is 0 Å². The van der Waals surface area contributed by atoms with Gasteiger partial charge in [-0.15, -0.1) is 0 Å². The van der Waals surface area contributed by atoms with Crippen molar-refractivity contribution in [3.63, 3.8) is 0 Å². The second kappa shape index (κ2) is 7.98. The summed E-state index contributed by atoms with van der Waals surface area (Å²) < 4.78 is 52.7. The first-order valence-electron chi connectivity index (χ1n) is 8.62. The van der Waals surface area contributed by atoms with Gasteiger partial charge in [0.2, 0.25) is 15.9 Å². The molecule has 1 aromatic carbocycles. The van der Waals surface area contributed by atoms with Crippen molar-refractivity contribution in [2.75, 3.05) is 19.6 Å². The van der Waals surface area contributed by atoms with Gasteiger partial charge in [0.05, 0.1) is 23.5 Å². The highest BCUT2D eigenvalue weighted by molar-refractivity contribution is 7.89. The lowest BCUT2D eigenvalue weighted by molar-refractivity contribution is -0.124. The second-order valence-electron chi connectivity index (χ2n) is 6.38. The number of hydrogen-bond donors (Lipinski definition) is 2. The molecule has 2 atom stereocenters. The number of carbonyl (C=O) groups is 1. The molecule has 1 saturated heterocycles. The fraction of sp³-hybridized carbons (Fsp3) is 0.588. The van der Waals surface area contributed by atoms with Crippen LogP contribution >= 0.6 is 0 Å². The van der Waals surface area contributed by atoms with Crippen LogP contribution in [0.1, 0.15) is 38.8 Å². The highest BCUT2D eigenvalue weighted by Gasteiger charge is 2.42. The first-order chi connectivity index (χ1) is 12.1. The Hall–Kier alpha value is -1.58. The molecule has 1 aliphatic heterocycles. The minimum absolute atomic E-state index is 0.181. The van der Waals surface area contributed by atoms with E-state index in [1.807, 2.05) is 0 Å². The van der Waals surface area contributed by atoms with E-state index in [0.717, 1.165) is 0 Å². The number of benzene rings is 1. The third kappa shape index (κ3) is 4.57. The van der Waals surface area contributed by atoms with Crippen LogP contribution in [0.15, 0.2) is 29.2 Å². The maximum Gasteiger partial charge on any atom is 0.262 e. The average molecular weight is 389 g/mol. The molecule has 9 heteroatoms. The van der Waals surface area contributed by atoms with Crippen molar-refractivity contribution in [1.29, 1.82) is 0 Å². The topological polar surface area (TPSA) is 78.5 Å². The summed E-state index contributed by atoms with van der Waals surface area (Å²) in [4.78, 5) is 12.3. The van der Waals surface area contributed by atoms with Crippen LogP contribution in [0.2, 0.25) is 0 Å². The zero-order valence-corrected chi connectivity index (χ0v) is 15.9. The van der Waals surface area contributed by atoms with E-state index in [9.17, 15) is 22.0 Å². The Morgan fingerprint density at radius 3 is 2.35 bits per heavy atom. The van der Waals surface area contributed by atoms with Crippen molar-refractivity contribution in [3.8, 4) is 0 Å². The molecule has 1 aromatic rings. The Morgan fingerprint density at radius 2 is 1.88 bits per heavy atom. The van der Waals surface area contributed by atoms with Crippen molar-refractivity contribution in [2.45, 2.75) is 50.1 Å². The molecule has 6 nitrogen and oxygen atoms in total. The van der Waals surface area contributed by atoms with Crippen molar-refractivity contribution in [3.05, 3.63) is 29.8 Å². The van der Waals surface area contributed by atoms with Crippen LogP contribution in [0, 0.1) is 0 Å². The number of sulfonamides is 1. The number of alkyl halides is 2. The summed E-state index contributed by atoms with van der Waals surface area (Å²) in [5.41, 5.74) is 0.696. The summed E-state index contributed by atoms with van der Waals surface area (Å²) in [5, 5.41) is 5.20. The van der Waals surface area contributed by atoms with E-state index in [0.29, 0.717) is 18.7 Å². The summed E-state index contributed by atoms with van der Waals surface area (Å²) in [6.07, 6.45) is -0.521. The normalized spacial score (nSPS) is 20.9. The molecule has 0 saturated carbocycles. The molecule has 0 radical (unpaired) electrons. The van der Waals surface area contributed by atoms with E-state index < -0.39 is 46.9 Å². The van der Waals surface area contributed by atoms with E-state index in [1.165, 1.54) is 16.4 Å². The van der Waals surface area contributed by atoms with Gasteiger partial charge >= 0.3 is 0 Å². The average Bonchev–Trinajstić information content (AvgIpc) is 2.96. The van der Waals surface area contributed by atoms with Gasteiger partial charge in [0, 0.05) is 19.5 Å². The first-order valence-corrected chi connectivity index (χ1v) is 10.1. The van der Waals surface area contributed by atoms with E-state index in [-0.39, 0.29) is 4.90 Å². The van der Waals surface area contributed by atoms with Crippen LogP contribution < -0.4 is 10.6 Å². The molecule has 2 N–H and O–H groups in total. The molecule has 1 aliphatic rings. The van der Waals surface area contributed by atoms with Crippen LogP contribution in [0.25, 0.3) is 0 Å². The van der Waals surface area contributed by atoms with Crippen LogP contribution in [0.4, 0.5) is 8.78 Å². The molecule has 2 rings (SSSR count). The maximum absolute atomic E-state index is 13.2. The minimum atomic E-state index is -3.54. The Kier molecular flexibility index (Phi) is 6.36. The molecule has 0 spiro atoms. The van der Waals surface area contributed by atoms with Crippen LogP contribution in [0.3, 0.4) is 0 Å². The Morgan fingerprint density at radius 1 is 1.31 bits per heavy atom. The van der Waals surface area contributed by atoms with Crippen LogP contribution in [0.5, 0.6) is 0 Å². The van der Waals surface area contributed by atoms with Gasteiger partial charge in [-0.3, -0.25) is 10.1 Å². The summed E-state index contributed by atoms with van der Waals surface area (Å²) >= 11 is 0. The van der Waals surface area contributed by atoms with Gasteiger partial charge in [0.15, 0.2) is 0 Å². The third-order valence-corrected chi connectivity index (χ3v) is 6.57. The minimum Gasteiger partial charge on any atom is -0.348 e. The quantitative estimate of drug-likeness (QED) is 0.747. The Balaban J connectivity index is 2.05. The molecular formula is C17H25F2N3O3S. The molecule has 0 aliphatic carbocycles.